The van der Waals surface area contributed by atoms with Crippen LogP contribution in [0.1, 0.15) is 53.4 Å². The summed E-state index contributed by atoms with van der Waals surface area (Å²) < 4.78 is 32.2. The number of fused-ring (bicyclic) bond motifs is 1. The summed E-state index contributed by atoms with van der Waals surface area (Å²) in [4.78, 5) is 0. The molecule has 0 spiro atoms. The molecule has 1 N–H and O–H groups in total. The van der Waals surface area contributed by atoms with Crippen LogP contribution in [0.2, 0.25) is 36.3 Å². The molecular weight excluding hydrogens is 452 g/mol. The van der Waals surface area contributed by atoms with Crippen molar-refractivity contribution in [2.75, 3.05) is 6.61 Å². The third-order valence-corrected chi connectivity index (χ3v) is 16.8. The fourth-order valence-corrected chi connectivity index (χ4v) is 6.22. The molecule has 1 aromatic rings. The van der Waals surface area contributed by atoms with E-state index in [1.54, 1.807) is 0 Å². The van der Waals surface area contributed by atoms with Crippen molar-refractivity contribution >= 4 is 16.6 Å². The Morgan fingerprint density at radius 3 is 1.85 bits per heavy atom. The minimum atomic E-state index is -2.23. The second-order valence-electron chi connectivity index (χ2n) is 12.4. The van der Waals surface area contributed by atoms with Crippen LogP contribution in [0.25, 0.3) is 0 Å². The molecule has 3 rings (SSSR count). The van der Waals surface area contributed by atoms with E-state index in [9.17, 15) is 5.11 Å². The van der Waals surface area contributed by atoms with Gasteiger partial charge in [-0.15, -0.1) is 0 Å². The molecule has 188 valence electrons. The van der Waals surface area contributed by atoms with Crippen molar-refractivity contribution in [2.45, 2.75) is 115 Å². The Kier molecular flexibility index (Phi) is 7.74. The molecule has 0 amide bonds. The van der Waals surface area contributed by atoms with Gasteiger partial charge in [-0.05, 0) is 36.3 Å². The minimum absolute atomic E-state index is 0.00270. The molecule has 8 heteroatoms. The Morgan fingerprint density at radius 2 is 1.33 bits per heavy atom. The number of rotatable bonds is 5. The molecule has 0 unspecified atom stereocenters. The van der Waals surface area contributed by atoms with E-state index in [2.05, 4.69) is 67.7 Å². The maximum atomic E-state index is 11.1. The molecule has 6 atom stereocenters. The standard InChI is InChI=1S/C25H44O6Si2/c1-24(2,3)32(7,8)30-20-19-18(16-27-23(29-19)17-14-12-11-13-15-17)28-22(26)21(20)31-33(9,10)25(4,5)6/h11-15,18-23,26H,16H2,1-10H3/t18-,19-,20+,21-,22+,23-/m1/s1. The van der Waals surface area contributed by atoms with Crippen LogP contribution in [-0.4, -0.2) is 59.1 Å². The van der Waals surface area contributed by atoms with E-state index in [-0.39, 0.29) is 10.1 Å². The average Bonchev–Trinajstić information content (AvgIpc) is 2.69. The van der Waals surface area contributed by atoms with Gasteiger partial charge in [0.05, 0.1) is 6.61 Å². The van der Waals surface area contributed by atoms with Gasteiger partial charge < -0.3 is 28.2 Å². The third kappa shape index (κ3) is 5.81. The van der Waals surface area contributed by atoms with Crippen LogP contribution in [0.3, 0.4) is 0 Å². The van der Waals surface area contributed by atoms with E-state index < -0.39 is 53.6 Å². The summed E-state index contributed by atoms with van der Waals surface area (Å²) in [6.07, 6.45) is -3.52. The molecule has 2 heterocycles. The van der Waals surface area contributed by atoms with Crippen molar-refractivity contribution in [1.29, 1.82) is 0 Å². The highest BCUT2D eigenvalue weighted by Gasteiger charge is 2.55. The van der Waals surface area contributed by atoms with Gasteiger partial charge in [0, 0.05) is 5.56 Å². The summed E-state index contributed by atoms with van der Waals surface area (Å²) in [5, 5.41) is 11.1. The number of aliphatic hydroxyl groups is 1. The number of hydrogen-bond acceptors (Lipinski definition) is 6. The first-order valence-corrected chi connectivity index (χ1v) is 17.9. The van der Waals surface area contributed by atoms with Crippen LogP contribution in [0.5, 0.6) is 0 Å². The summed E-state index contributed by atoms with van der Waals surface area (Å²) in [7, 11) is -4.44. The second-order valence-corrected chi connectivity index (χ2v) is 21.9. The fraction of sp³-hybridized carbons (Fsp3) is 0.760. The molecule has 0 radical (unpaired) electrons. The van der Waals surface area contributed by atoms with E-state index in [4.69, 9.17) is 23.1 Å². The first kappa shape index (κ1) is 27.0. The Hall–Kier alpha value is -0.586. The topological polar surface area (TPSA) is 66.4 Å². The van der Waals surface area contributed by atoms with E-state index in [0.717, 1.165) is 5.56 Å². The number of ether oxygens (including phenoxy) is 3. The van der Waals surface area contributed by atoms with E-state index in [0.29, 0.717) is 6.61 Å². The van der Waals surface area contributed by atoms with Crippen molar-refractivity contribution in [3.05, 3.63) is 35.9 Å². The molecular formula is C25H44O6Si2. The van der Waals surface area contributed by atoms with Gasteiger partial charge in [0.2, 0.25) is 0 Å². The Morgan fingerprint density at radius 1 is 0.818 bits per heavy atom. The summed E-state index contributed by atoms with van der Waals surface area (Å²) in [6.45, 7) is 22.4. The van der Waals surface area contributed by atoms with Gasteiger partial charge in [0.25, 0.3) is 0 Å². The third-order valence-electron chi connectivity index (χ3n) is 7.85. The highest BCUT2D eigenvalue weighted by molar-refractivity contribution is 6.74. The average molecular weight is 497 g/mol. The molecule has 2 aliphatic rings. The van der Waals surface area contributed by atoms with Gasteiger partial charge in [0.1, 0.15) is 24.4 Å². The number of hydrogen-bond donors (Lipinski definition) is 1. The number of aliphatic hydroxyl groups excluding tert-OH is 1. The van der Waals surface area contributed by atoms with Crippen molar-refractivity contribution < 1.29 is 28.2 Å². The summed E-state index contributed by atoms with van der Waals surface area (Å²) in [6, 6.07) is 9.92. The molecule has 1 aromatic carbocycles. The molecule has 2 saturated heterocycles. The summed E-state index contributed by atoms with van der Waals surface area (Å²) >= 11 is 0. The predicted molar refractivity (Wildman–Crippen MR) is 135 cm³/mol. The van der Waals surface area contributed by atoms with Gasteiger partial charge in [0.15, 0.2) is 29.2 Å². The lowest BCUT2D eigenvalue weighted by Gasteiger charge is -2.53. The molecule has 0 saturated carbocycles. The Bertz CT molecular complexity index is 786. The zero-order chi connectivity index (χ0) is 24.8. The minimum Gasteiger partial charge on any atom is -0.408 e. The SMILES string of the molecule is CC(C)(C)[Si](C)(C)O[C@@H]1[C@@H](O[Si](C)(C)C(C)(C)C)[C@@H](O)O[C@@H]2CO[C@@H](c3ccccc3)O[C@@H]12. The molecule has 0 bridgehead atoms. The molecule has 0 aliphatic carbocycles. The molecule has 2 aliphatic heterocycles. The van der Waals surface area contributed by atoms with Gasteiger partial charge >= 0.3 is 0 Å². The van der Waals surface area contributed by atoms with E-state index in [1.807, 2.05) is 30.3 Å². The molecule has 2 fully saturated rings. The normalized spacial score (nSPS) is 31.8. The van der Waals surface area contributed by atoms with Gasteiger partial charge in [-0.2, -0.15) is 0 Å². The highest BCUT2D eigenvalue weighted by atomic mass is 28.4. The Balaban J connectivity index is 1.96. The maximum Gasteiger partial charge on any atom is 0.192 e. The first-order chi connectivity index (χ1) is 15.0. The molecule has 6 nitrogen and oxygen atoms in total. The van der Waals surface area contributed by atoms with Gasteiger partial charge in [-0.1, -0.05) is 71.9 Å². The lowest BCUT2D eigenvalue weighted by molar-refractivity contribution is -0.350. The van der Waals surface area contributed by atoms with Crippen LogP contribution < -0.4 is 0 Å². The van der Waals surface area contributed by atoms with Crippen molar-refractivity contribution in [3.63, 3.8) is 0 Å². The zero-order valence-corrected chi connectivity index (χ0v) is 24.0. The quantitative estimate of drug-likeness (QED) is 0.535. The number of benzene rings is 1. The van der Waals surface area contributed by atoms with Crippen LogP contribution in [0.15, 0.2) is 30.3 Å². The smallest absolute Gasteiger partial charge is 0.192 e. The highest BCUT2D eigenvalue weighted by Crippen LogP contribution is 2.44. The molecule has 0 aromatic heterocycles. The van der Waals surface area contributed by atoms with E-state index >= 15 is 0 Å². The van der Waals surface area contributed by atoms with Gasteiger partial charge in [-0.3, -0.25) is 0 Å². The summed E-state index contributed by atoms with van der Waals surface area (Å²) in [5.74, 6) is 0. The van der Waals surface area contributed by atoms with Crippen molar-refractivity contribution in [3.8, 4) is 0 Å². The molecule has 33 heavy (non-hydrogen) atoms. The summed E-state index contributed by atoms with van der Waals surface area (Å²) in [5.41, 5.74) is 0.954. The monoisotopic (exact) mass is 496 g/mol. The fourth-order valence-electron chi connectivity index (χ4n) is 3.64. The maximum absolute atomic E-state index is 11.1. The second kappa shape index (κ2) is 9.46. The first-order valence-electron chi connectivity index (χ1n) is 12.0. The lowest BCUT2D eigenvalue weighted by Crippen LogP contribution is -2.67. The van der Waals surface area contributed by atoms with Gasteiger partial charge in [-0.25, -0.2) is 0 Å². The van der Waals surface area contributed by atoms with Crippen LogP contribution >= 0.6 is 0 Å². The Labute approximate surface area is 202 Å². The largest absolute Gasteiger partial charge is 0.408 e. The van der Waals surface area contributed by atoms with Crippen molar-refractivity contribution in [2.24, 2.45) is 0 Å². The van der Waals surface area contributed by atoms with Crippen molar-refractivity contribution in [1.82, 2.24) is 0 Å². The van der Waals surface area contributed by atoms with Crippen LogP contribution in [-0.2, 0) is 23.1 Å². The lowest BCUT2D eigenvalue weighted by atomic mass is 9.98. The predicted octanol–water partition coefficient (Wildman–Crippen LogP) is 5.60. The van der Waals surface area contributed by atoms with Crippen LogP contribution in [0.4, 0.5) is 0 Å². The zero-order valence-electron chi connectivity index (χ0n) is 22.0. The van der Waals surface area contributed by atoms with E-state index in [1.165, 1.54) is 0 Å². The van der Waals surface area contributed by atoms with Crippen LogP contribution in [0, 0.1) is 0 Å².